The highest BCUT2D eigenvalue weighted by atomic mass is 32.1. The number of aromatic nitrogens is 1. The first kappa shape index (κ1) is 21.3. The highest BCUT2D eigenvalue weighted by molar-refractivity contribution is 7.14. The number of anilines is 1. The Balaban J connectivity index is 1.61. The minimum atomic E-state index is -4.52. The number of alkyl halides is 3. The molecule has 1 amide bonds. The third-order valence-electron chi connectivity index (χ3n) is 3.91. The molecule has 6 nitrogen and oxygen atoms in total. The first-order valence-electron chi connectivity index (χ1n) is 8.58. The van der Waals surface area contributed by atoms with Crippen LogP contribution in [0.5, 0.6) is 5.75 Å². The van der Waals surface area contributed by atoms with Gasteiger partial charge in [-0.3, -0.25) is 14.9 Å². The molecule has 1 aromatic heterocycles. The average molecular weight is 436 g/mol. The van der Waals surface area contributed by atoms with Gasteiger partial charge in [0.15, 0.2) is 5.13 Å². The molecule has 30 heavy (non-hydrogen) atoms. The molecule has 2 aromatic carbocycles. The number of para-hydroxylation sites is 1. The monoisotopic (exact) mass is 436 g/mol. The Kier molecular flexibility index (Phi) is 6.36. The fourth-order valence-electron chi connectivity index (χ4n) is 2.51. The highest BCUT2D eigenvalue weighted by Crippen LogP contribution is 2.36. The van der Waals surface area contributed by atoms with Crippen LogP contribution in [-0.4, -0.2) is 22.0 Å². The van der Waals surface area contributed by atoms with Gasteiger partial charge in [-0.2, -0.15) is 13.2 Å². The number of carbonyl (C=O) groups is 2. The number of nitrogens with one attached hydrogen (secondary N) is 1. The number of hydrogen-bond donors (Lipinski definition) is 2. The summed E-state index contributed by atoms with van der Waals surface area (Å²) in [6, 6.07) is 11.1. The SMILES string of the molecule is O=C(O)Cc1csc(NC(=O)c2ccc(COc3ccccc3C(F)(F)F)cc2)n1. The maximum atomic E-state index is 13.0. The van der Waals surface area contributed by atoms with Gasteiger partial charge in [0.25, 0.3) is 5.91 Å². The van der Waals surface area contributed by atoms with Crippen molar-refractivity contribution in [2.75, 3.05) is 5.32 Å². The molecular formula is C20H15F3N2O4S. The molecule has 3 aromatic rings. The van der Waals surface area contributed by atoms with Crippen molar-refractivity contribution in [3.63, 3.8) is 0 Å². The van der Waals surface area contributed by atoms with Gasteiger partial charge >= 0.3 is 12.1 Å². The lowest BCUT2D eigenvalue weighted by atomic mass is 10.1. The maximum Gasteiger partial charge on any atom is 0.419 e. The standard InChI is InChI=1S/C20H15F3N2O4S/c21-20(22,23)15-3-1-2-4-16(15)29-10-12-5-7-13(8-6-12)18(28)25-19-24-14(11-30-19)9-17(26)27/h1-8,11H,9-10H2,(H,26,27)(H,24,25,28). The molecule has 3 rings (SSSR count). The molecule has 0 unspecified atom stereocenters. The number of hydrogen-bond acceptors (Lipinski definition) is 5. The lowest BCUT2D eigenvalue weighted by Gasteiger charge is -2.13. The van der Waals surface area contributed by atoms with Crippen LogP contribution in [0.4, 0.5) is 18.3 Å². The zero-order valence-corrected chi connectivity index (χ0v) is 16.1. The van der Waals surface area contributed by atoms with Gasteiger partial charge in [0.1, 0.15) is 12.4 Å². The van der Waals surface area contributed by atoms with Crippen molar-refractivity contribution in [3.8, 4) is 5.75 Å². The van der Waals surface area contributed by atoms with Crippen molar-refractivity contribution in [3.05, 3.63) is 76.3 Å². The van der Waals surface area contributed by atoms with Crippen molar-refractivity contribution < 1.29 is 32.6 Å². The van der Waals surface area contributed by atoms with Crippen molar-refractivity contribution in [2.45, 2.75) is 19.2 Å². The topological polar surface area (TPSA) is 88.5 Å². The Morgan fingerprint density at radius 2 is 1.80 bits per heavy atom. The van der Waals surface area contributed by atoms with Crippen LogP contribution in [-0.2, 0) is 24.0 Å². The summed E-state index contributed by atoms with van der Waals surface area (Å²) in [5.74, 6) is -1.73. The van der Waals surface area contributed by atoms with Crippen LogP contribution in [0.2, 0.25) is 0 Å². The summed E-state index contributed by atoms with van der Waals surface area (Å²) in [6.45, 7) is -0.0972. The van der Waals surface area contributed by atoms with Gasteiger partial charge in [-0.15, -0.1) is 11.3 Å². The van der Waals surface area contributed by atoms with Crippen LogP contribution in [0.15, 0.2) is 53.9 Å². The highest BCUT2D eigenvalue weighted by Gasteiger charge is 2.34. The number of aliphatic carboxylic acids is 1. The third kappa shape index (κ3) is 5.57. The first-order chi connectivity index (χ1) is 14.2. The van der Waals surface area contributed by atoms with E-state index in [1.165, 1.54) is 30.3 Å². The van der Waals surface area contributed by atoms with Crippen LogP contribution in [0.25, 0.3) is 0 Å². The minimum Gasteiger partial charge on any atom is -0.488 e. The predicted molar refractivity (Wildman–Crippen MR) is 104 cm³/mol. The zero-order chi connectivity index (χ0) is 21.7. The normalized spacial score (nSPS) is 11.2. The van der Waals surface area contributed by atoms with Gasteiger partial charge in [0.2, 0.25) is 0 Å². The van der Waals surface area contributed by atoms with E-state index in [1.54, 1.807) is 17.5 Å². The Hall–Kier alpha value is -3.40. The summed E-state index contributed by atoms with van der Waals surface area (Å²) >= 11 is 1.11. The van der Waals surface area contributed by atoms with Gasteiger partial charge in [-0.05, 0) is 29.8 Å². The average Bonchev–Trinajstić information content (AvgIpc) is 3.12. The van der Waals surface area contributed by atoms with E-state index in [0.717, 1.165) is 17.4 Å². The van der Waals surface area contributed by atoms with E-state index in [-0.39, 0.29) is 23.9 Å². The molecule has 0 radical (unpaired) electrons. The van der Waals surface area contributed by atoms with Crippen LogP contribution in [0, 0.1) is 0 Å². The van der Waals surface area contributed by atoms with Crippen molar-refractivity contribution >= 4 is 28.3 Å². The summed E-state index contributed by atoms with van der Waals surface area (Å²) in [4.78, 5) is 27.0. The number of nitrogens with zero attached hydrogens (tertiary/aromatic N) is 1. The van der Waals surface area contributed by atoms with E-state index in [1.807, 2.05) is 0 Å². The number of halogens is 3. The number of ether oxygens (including phenoxy) is 1. The van der Waals surface area contributed by atoms with Gasteiger partial charge < -0.3 is 9.84 Å². The summed E-state index contributed by atoms with van der Waals surface area (Å²) in [7, 11) is 0. The Bertz CT molecular complexity index is 1050. The fourth-order valence-corrected chi connectivity index (χ4v) is 3.22. The molecule has 0 bridgehead atoms. The minimum absolute atomic E-state index is 0.0972. The van der Waals surface area contributed by atoms with Gasteiger partial charge in [-0.1, -0.05) is 24.3 Å². The largest absolute Gasteiger partial charge is 0.488 e. The zero-order valence-electron chi connectivity index (χ0n) is 15.3. The Morgan fingerprint density at radius 3 is 2.47 bits per heavy atom. The lowest BCUT2D eigenvalue weighted by molar-refractivity contribution is -0.139. The van der Waals surface area contributed by atoms with Crippen molar-refractivity contribution in [1.82, 2.24) is 4.98 Å². The number of carboxylic acids is 1. The van der Waals surface area contributed by atoms with Crippen LogP contribution in [0.1, 0.15) is 27.2 Å². The van der Waals surface area contributed by atoms with E-state index in [4.69, 9.17) is 9.84 Å². The van der Waals surface area contributed by atoms with Gasteiger partial charge in [0.05, 0.1) is 17.7 Å². The second kappa shape index (κ2) is 8.95. The maximum absolute atomic E-state index is 13.0. The lowest BCUT2D eigenvalue weighted by Crippen LogP contribution is -2.12. The van der Waals surface area contributed by atoms with E-state index in [0.29, 0.717) is 16.8 Å². The van der Waals surface area contributed by atoms with Gasteiger partial charge in [-0.25, -0.2) is 4.98 Å². The molecular weight excluding hydrogens is 421 g/mol. The van der Waals surface area contributed by atoms with Crippen LogP contribution in [0.3, 0.4) is 0 Å². The summed E-state index contributed by atoms with van der Waals surface area (Å²) < 4.78 is 44.3. The molecule has 0 aliphatic heterocycles. The van der Waals surface area contributed by atoms with Crippen molar-refractivity contribution in [2.24, 2.45) is 0 Å². The number of rotatable bonds is 7. The van der Waals surface area contributed by atoms with E-state index in [9.17, 15) is 22.8 Å². The molecule has 0 aliphatic carbocycles. The second-order valence-corrected chi connectivity index (χ2v) is 7.01. The molecule has 0 fully saturated rings. The van der Waals surface area contributed by atoms with E-state index >= 15 is 0 Å². The van der Waals surface area contributed by atoms with Crippen LogP contribution < -0.4 is 10.1 Å². The number of thiazole rings is 1. The van der Waals surface area contributed by atoms with Crippen LogP contribution >= 0.6 is 11.3 Å². The molecule has 0 saturated carbocycles. The third-order valence-corrected chi connectivity index (χ3v) is 4.71. The summed E-state index contributed by atoms with van der Waals surface area (Å²) in [6.07, 6.45) is -4.75. The van der Waals surface area contributed by atoms with Crippen molar-refractivity contribution in [1.29, 1.82) is 0 Å². The number of amides is 1. The molecule has 2 N–H and O–H groups in total. The molecule has 0 aliphatic rings. The Labute approximate surface area is 173 Å². The van der Waals surface area contributed by atoms with E-state index in [2.05, 4.69) is 10.3 Å². The molecule has 0 saturated heterocycles. The van der Waals surface area contributed by atoms with Gasteiger partial charge in [0, 0.05) is 10.9 Å². The quantitative estimate of drug-likeness (QED) is 0.564. The second-order valence-electron chi connectivity index (χ2n) is 6.15. The molecule has 1 heterocycles. The molecule has 0 spiro atoms. The predicted octanol–water partition coefficient (Wildman–Crippen LogP) is 4.62. The molecule has 10 heteroatoms. The number of carbonyl (C=O) groups excluding carboxylic acids is 1. The smallest absolute Gasteiger partial charge is 0.419 e. The number of benzene rings is 2. The molecule has 0 atom stereocenters. The number of carboxylic acid groups (broad SMARTS) is 1. The first-order valence-corrected chi connectivity index (χ1v) is 9.46. The van der Waals surface area contributed by atoms with E-state index < -0.39 is 23.6 Å². The summed E-state index contributed by atoms with van der Waals surface area (Å²) in [5, 5.41) is 13.1. The fraction of sp³-hybridized carbons (Fsp3) is 0.150. The Morgan fingerprint density at radius 1 is 1.10 bits per heavy atom. The molecule has 156 valence electrons. The summed E-state index contributed by atoms with van der Waals surface area (Å²) in [5.41, 5.74) is 0.382.